The Hall–Kier alpha value is -2.70. The maximum atomic E-state index is 12.3. The van der Waals surface area contributed by atoms with Crippen LogP contribution >= 0.6 is 0 Å². The van der Waals surface area contributed by atoms with E-state index >= 15 is 0 Å². The van der Waals surface area contributed by atoms with Gasteiger partial charge in [-0.3, -0.25) is 9.59 Å². The van der Waals surface area contributed by atoms with Gasteiger partial charge in [-0.25, -0.2) is 0 Å². The molecule has 2 heterocycles. The van der Waals surface area contributed by atoms with E-state index in [9.17, 15) is 9.59 Å². The molecule has 1 amide bonds. The quantitative estimate of drug-likeness (QED) is 0.924. The van der Waals surface area contributed by atoms with Crippen molar-refractivity contribution < 1.29 is 19.2 Å². The van der Waals surface area contributed by atoms with Crippen molar-refractivity contribution in [2.24, 2.45) is 5.92 Å². The summed E-state index contributed by atoms with van der Waals surface area (Å²) in [5, 5.41) is 12.7. The zero-order valence-corrected chi connectivity index (χ0v) is 12.0. The van der Waals surface area contributed by atoms with E-state index in [0.29, 0.717) is 30.2 Å². The SMILES string of the molecule is Cc1noc(-c2ccc(C(=O)N3CC[C@H](C(=O)O)C3)cc2)n1. The van der Waals surface area contributed by atoms with Crippen molar-refractivity contribution >= 4 is 11.9 Å². The highest BCUT2D eigenvalue weighted by Crippen LogP contribution is 2.21. The van der Waals surface area contributed by atoms with Crippen LogP contribution in [0.4, 0.5) is 0 Å². The van der Waals surface area contributed by atoms with E-state index in [0.717, 1.165) is 5.56 Å². The minimum atomic E-state index is -0.850. The molecule has 1 saturated heterocycles. The van der Waals surface area contributed by atoms with Crippen LogP contribution in [0.5, 0.6) is 0 Å². The van der Waals surface area contributed by atoms with Crippen molar-refractivity contribution in [2.45, 2.75) is 13.3 Å². The summed E-state index contributed by atoms with van der Waals surface area (Å²) in [6.07, 6.45) is 0.500. The highest BCUT2D eigenvalue weighted by Gasteiger charge is 2.31. The molecule has 0 saturated carbocycles. The summed E-state index contributed by atoms with van der Waals surface area (Å²) in [6.45, 7) is 2.47. The van der Waals surface area contributed by atoms with Gasteiger partial charge in [0.1, 0.15) is 0 Å². The molecule has 1 aliphatic heterocycles. The predicted molar refractivity (Wildman–Crippen MR) is 76.1 cm³/mol. The molecule has 0 spiro atoms. The van der Waals surface area contributed by atoms with Gasteiger partial charge in [0.05, 0.1) is 5.92 Å². The number of aliphatic carboxylic acids is 1. The Kier molecular flexibility index (Phi) is 3.62. The summed E-state index contributed by atoms with van der Waals surface area (Å²) < 4.78 is 5.07. The van der Waals surface area contributed by atoms with E-state index in [1.807, 2.05) is 0 Å². The Bertz CT molecular complexity index is 708. The molecular formula is C15H15N3O4. The van der Waals surface area contributed by atoms with Gasteiger partial charge >= 0.3 is 5.97 Å². The third-order valence-corrected chi connectivity index (χ3v) is 3.73. The van der Waals surface area contributed by atoms with Crippen LogP contribution in [-0.4, -0.2) is 45.1 Å². The molecule has 1 atom stereocenters. The molecule has 114 valence electrons. The van der Waals surface area contributed by atoms with E-state index < -0.39 is 11.9 Å². The first-order valence-electron chi connectivity index (χ1n) is 6.97. The fraction of sp³-hybridized carbons (Fsp3) is 0.333. The second kappa shape index (κ2) is 5.59. The standard InChI is InChI=1S/C15H15N3O4/c1-9-16-13(22-17-9)10-2-4-11(5-3-10)14(19)18-7-6-12(8-18)15(20)21/h2-5,12H,6-8H2,1H3,(H,20,21)/t12-/m0/s1. The number of carboxylic acids is 1. The smallest absolute Gasteiger partial charge is 0.308 e. The molecule has 0 aliphatic carbocycles. The van der Waals surface area contributed by atoms with E-state index in [2.05, 4.69) is 10.1 Å². The molecule has 0 bridgehead atoms. The normalized spacial score (nSPS) is 17.7. The lowest BCUT2D eigenvalue weighted by molar-refractivity contribution is -0.141. The van der Waals surface area contributed by atoms with Crippen LogP contribution in [0, 0.1) is 12.8 Å². The lowest BCUT2D eigenvalue weighted by atomic mass is 10.1. The van der Waals surface area contributed by atoms with Gasteiger partial charge in [0.15, 0.2) is 5.82 Å². The van der Waals surface area contributed by atoms with E-state index in [1.165, 1.54) is 0 Å². The number of hydrogen-bond acceptors (Lipinski definition) is 5. The van der Waals surface area contributed by atoms with Gasteiger partial charge < -0.3 is 14.5 Å². The van der Waals surface area contributed by atoms with E-state index in [-0.39, 0.29) is 12.5 Å². The zero-order chi connectivity index (χ0) is 15.7. The number of aryl methyl sites for hydroxylation is 1. The molecule has 1 fully saturated rings. The van der Waals surface area contributed by atoms with Gasteiger partial charge in [0.2, 0.25) is 0 Å². The second-order valence-electron chi connectivity index (χ2n) is 5.30. The third-order valence-electron chi connectivity index (χ3n) is 3.73. The predicted octanol–water partition coefficient (Wildman–Crippen LogP) is 1.59. The molecule has 1 aromatic heterocycles. The monoisotopic (exact) mass is 301 g/mol. The molecule has 0 radical (unpaired) electrons. The minimum Gasteiger partial charge on any atom is -0.481 e. The molecule has 3 rings (SSSR count). The number of rotatable bonds is 3. The highest BCUT2D eigenvalue weighted by atomic mass is 16.5. The van der Waals surface area contributed by atoms with Gasteiger partial charge in [0.25, 0.3) is 11.8 Å². The Balaban J connectivity index is 1.73. The van der Waals surface area contributed by atoms with Crippen molar-refractivity contribution in [3.8, 4) is 11.5 Å². The Labute approximate surface area is 126 Å². The summed E-state index contributed by atoms with van der Waals surface area (Å²) in [5.41, 5.74) is 1.26. The zero-order valence-electron chi connectivity index (χ0n) is 12.0. The average Bonchev–Trinajstić information content (AvgIpc) is 3.16. The summed E-state index contributed by atoms with van der Waals surface area (Å²) in [5.74, 6) is -0.519. The largest absolute Gasteiger partial charge is 0.481 e. The first kappa shape index (κ1) is 14.2. The molecule has 2 aromatic rings. The average molecular weight is 301 g/mol. The number of carboxylic acid groups (broad SMARTS) is 1. The van der Waals surface area contributed by atoms with E-state index in [1.54, 1.807) is 36.1 Å². The summed E-state index contributed by atoms with van der Waals surface area (Å²) in [7, 11) is 0. The number of benzene rings is 1. The van der Waals surface area contributed by atoms with Gasteiger partial charge in [0, 0.05) is 24.2 Å². The number of likely N-dealkylation sites (tertiary alicyclic amines) is 1. The fourth-order valence-electron chi connectivity index (χ4n) is 2.50. The molecule has 7 nitrogen and oxygen atoms in total. The van der Waals surface area contributed by atoms with Gasteiger partial charge in [-0.05, 0) is 37.6 Å². The van der Waals surface area contributed by atoms with Crippen LogP contribution < -0.4 is 0 Å². The number of aromatic nitrogens is 2. The molecule has 1 aromatic carbocycles. The van der Waals surface area contributed by atoms with Crippen LogP contribution in [-0.2, 0) is 4.79 Å². The van der Waals surface area contributed by atoms with Crippen LogP contribution in [0.1, 0.15) is 22.6 Å². The highest BCUT2D eigenvalue weighted by molar-refractivity contribution is 5.95. The first-order valence-corrected chi connectivity index (χ1v) is 6.97. The number of amides is 1. The van der Waals surface area contributed by atoms with Crippen LogP contribution in [0.2, 0.25) is 0 Å². The summed E-state index contributed by atoms with van der Waals surface area (Å²) in [6, 6.07) is 6.85. The maximum absolute atomic E-state index is 12.3. The van der Waals surface area contributed by atoms with Crippen molar-refractivity contribution in [1.82, 2.24) is 15.0 Å². The maximum Gasteiger partial charge on any atom is 0.308 e. The number of nitrogens with zero attached hydrogens (tertiary/aromatic N) is 3. The van der Waals surface area contributed by atoms with Gasteiger partial charge in [-0.15, -0.1) is 0 Å². The third kappa shape index (κ3) is 2.69. The van der Waals surface area contributed by atoms with Gasteiger partial charge in [-0.1, -0.05) is 5.16 Å². The molecular weight excluding hydrogens is 286 g/mol. The number of carbonyl (C=O) groups is 2. The lowest BCUT2D eigenvalue weighted by Gasteiger charge is -2.15. The number of carbonyl (C=O) groups excluding carboxylic acids is 1. The van der Waals surface area contributed by atoms with Crippen LogP contribution in [0.3, 0.4) is 0 Å². The number of hydrogen-bond donors (Lipinski definition) is 1. The second-order valence-corrected chi connectivity index (χ2v) is 5.30. The lowest BCUT2D eigenvalue weighted by Crippen LogP contribution is -2.29. The minimum absolute atomic E-state index is 0.156. The van der Waals surface area contributed by atoms with Crippen LogP contribution in [0.15, 0.2) is 28.8 Å². The molecule has 7 heteroatoms. The van der Waals surface area contributed by atoms with Crippen molar-refractivity contribution in [3.63, 3.8) is 0 Å². The molecule has 0 unspecified atom stereocenters. The summed E-state index contributed by atoms with van der Waals surface area (Å²) in [4.78, 5) is 29.0. The van der Waals surface area contributed by atoms with Crippen molar-refractivity contribution in [2.75, 3.05) is 13.1 Å². The molecule has 1 N–H and O–H groups in total. The van der Waals surface area contributed by atoms with Crippen molar-refractivity contribution in [3.05, 3.63) is 35.7 Å². The topological polar surface area (TPSA) is 96.5 Å². The molecule has 1 aliphatic rings. The summed E-state index contributed by atoms with van der Waals surface area (Å²) >= 11 is 0. The van der Waals surface area contributed by atoms with Crippen LogP contribution in [0.25, 0.3) is 11.5 Å². The van der Waals surface area contributed by atoms with Gasteiger partial charge in [-0.2, -0.15) is 4.98 Å². The Morgan fingerprint density at radius 1 is 1.32 bits per heavy atom. The fourth-order valence-corrected chi connectivity index (χ4v) is 2.50. The Morgan fingerprint density at radius 3 is 2.59 bits per heavy atom. The Morgan fingerprint density at radius 2 is 2.05 bits per heavy atom. The van der Waals surface area contributed by atoms with E-state index in [4.69, 9.17) is 9.63 Å². The first-order chi connectivity index (χ1) is 10.5. The van der Waals surface area contributed by atoms with Crippen molar-refractivity contribution in [1.29, 1.82) is 0 Å². The molecule has 22 heavy (non-hydrogen) atoms.